The molecule has 0 spiro atoms. The third-order valence-electron chi connectivity index (χ3n) is 4.35. The summed E-state index contributed by atoms with van der Waals surface area (Å²) >= 11 is 6.23. The van der Waals surface area contributed by atoms with Gasteiger partial charge in [0.05, 0.1) is 17.1 Å². The van der Waals surface area contributed by atoms with Crippen molar-refractivity contribution in [2.45, 2.75) is 19.4 Å². The highest BCUT2D eigenvalue weighted by atomic mass is 35.5. The molecule has 0 aliphatic carbocycles. The summed E-state index contributed by atoms with van der Waals surface area (Å²) < 4.78 is 2.06. The van der Waals surface area contributed by atoms with E-state index in [0.717, 1.165) is 40.6 Å². The van der Waals surface area contributed by atoms with Crippen molar-refractivity contribution in [2.75, 3.05) is 6.54 Å². The molecule has 1 N–H and O–H groups in total. The summed E-state index contributed by atoms with van der Waals surface area (Å²) in [6, 6.07) is 18.6. The first kappa shape index (κ1) is 14.5. The number of benzene rings is 2. The van der Waals surface area contributed by atoms with E-state index in [1.165, 1.54) is 5.56 Å². The van der Waals surface area contributed by atoms with Crippen molar-refractivity contribution >= 4 is 11.6 Å². The third kappa shape index (κ3) is 2.56. The fraction of sp³-hybridized carbons (Fsp3) is 0.211. The van der Waals surface area contributed by atoms with Gasteiger partial charge in [0.25, 0.3) is 0 Å². The largest absolute Gasteiger partial charge is 0.308 e. The van der Waals surface area contributed by atoms with E-state index >= 15 is 0 Å². The van der Waals surface area contributed by atoms with Crippen LogP contribution in [-0.2, 0) is 6.42 Å². The van der Waals surface area contributed by atoms with Crippen molar-refractivity contribution in [1.82, 2.24) is 15.1 Å². The number of hydrogen-bond donors (Lipinski definition) is 1. The molecule has 116 valence electrons. The van der Waals surface area contributed by atoms with E-state index in [9.17, 15) is 0 Å². The van der Waals surface area contributed by atoms with Crippen LogP contribution in [0.1, 0.15) is 24.2 Å². The molecule has 4 rings (SSSR count). The molecule has 0 saturated carbocycles. The van der Waals surface area contributed by atoms with Crippen molar-refractivity contribution in [3.8, 4) is 16.9 Å². The van der Waals surface area contributed by atoms with Gasteiger partial charge in [0.2, 0.25) is 0 Å². The standard InChI is InChI=1S/C19H18ClN3/c1-13-18-17(10-11-21-13)19(14-6-5-7-15(20)12-14)23(22-18)16-8-3-2-4-9-16/h2-9,12-13,21H,10-11H2,1H3/t13-/m1/s1. The first-order valence-electron chi connectivity index (χ1n) is 7.90. The minimum absolute atomic E-state index is 0.265. The Hall–Kier alpha value is -2.10. The molecule has 3 aromatic rings. The van der Waals surface area contributed by atoms with Gasteiger partial charge in [-0.2, -0.15) is 5.10 Å². The Bertz CT molecular complexity index is 839. The minimum atomic E-state index is 0.265. The molecular formula is C19H18ClN3. The Morgan fingerprint density at radius 3 is 2.74 bits per heavy atom. The first-order chi connectivity index (χ1) is 11.2. The number of nitrogens with zero attached hydrogens (tertiary/aromatic N) is 2. The van der Waals surface area contributed by atoms with Gasteiger partial charge in [-0.05, 0) is 44.2 Å². The van der Waals surface area contributed by atoms with Crippen LogP contribution in [0.5, 0.6) is 0 Å². The van der Waals surface area contributed by atoms with Crippen LogP contribution in [0.25, 0.3) is 16.9 Å². The average Bonchev–Trinajstić information content (AvgIpc) is 2.97. The fourth-order valence-electron chi connectivity index (χ4n) is 3.26. The molecule has 23 heavy (non-hydrogen) atoms. The van der Waals surface area contributed by atoms with Crippen molar-refractivity contribution in [2.24, 2.45) is 0 Å². The van der Waals surface area contributed by atoms with Gasteiger partial charge in [0.15, 0.2) is 0 Å². The lowest BCUT2D eigenvalue weighted by atomic mass is 9.97. The molecule has 0 saturated heterocycles. The van der Waals surface area contributed by atoms with Gasteiger partial charge in [0, 0.05) is 22.2 Å². The van der Waals surface area contributed by atoms with Crippen molar-refractivity contribution in [3.05, 3.63) is 70.9 Å². The number of halogens is 1. The number of rotatable bonds is 2. The van der Waals surface area contributed by atoms with Gasteiger partial charge in [0.1, 0.15) is 0 Å². The topological polar surface area (TPSA) is 29.9 Å². The van der Waals surface area contributed by atoms with Gasteiger partial charge < -0.3 is 5.32 Å². The zero-order chi connectivity index (χ0) is 15.8. The molecule has 1 aliphatic rings. The predicted molar refractivity (Wildman–Crippen MR) is 94.1 cm³/mol. The first-order valence-corrected chi connectivity index (χ1v) is 8.28. The number of nitrogens with one attached hydrogen (secondary N) is 1. The Morgan fingerprint density at radius 2 is 1.96 bits per heavy atom. The van der Waals surface area contributed by atoms with E-state index in [2.05, 4.69) is 35.1 Å². The summed E-state index contributed by atoms with van der Waals surface area (Å²) in [5.41, 5.74) is 5.80. The monoisotopic (exact) mass is 323 g/mol. The van der Waals surface area contributed by atoms with E-state index in [-0.39, 0.29) is 6.04 Å². The molecule has 0 amide bonds. The highest BCUT2D eigenvalue weighted by Crippen LogP contribution is 2.34. The minimum Gasteiger partial charge on any atom is -0.308 e. The predicted octanol–water partition coefficient (Wildman–Crippen LogP) is 4.40. The summed E-state index contributed by atoms with van der Waals surface area (Å²) in [5, 5.41) is 9.16. The maximum atomic E-state index is 6.23. The molecule has 0 fully saturated rings. The van der Waals surface area contributed by atoms with Gasteiger partial charge in [-0.1, -0.05) is 41.9 Å². The normalized spacial score (nSPS) is 17.0. The molecule has 4 heteroatoms. The summed E-state index contributed by atoms with van der Waals surface area (Å²) in [6.45, 7) is 3.14. The summed E-state index contributed by atoms with van der Waals surface area (Å²) in [5.74, 6) is 0. The van der Waals surface area contributed by atoms with Gasteiger partial charge >= 0.3 is 0 Å². The average molecular weight is 324 g/mol. The lowest BCUT2D eigenvalue weighted by Gasteiger charge is -2.19. The molecule has 1 aliphatic heterocycles. The van der Waals surface area contributed by atoms with E-state index in [0.29, 0.717) is 0 Å². The van der Waals surface area contributed by atoms with Crippen LogP contribution in [0.3, 0.4) is 0 Å². The van der Waals surface area contributed by atoms with E-state index in [4.69, 9.17) is 16.7 Å². The molecule has 2 heterocycles. The second-order valence-corrected chi connectivity index (χ2v) is 6.33. The Labute approximate surface area is 140 Å². The summed E-state index contributed by atoms with van der Waals surface area (Å²) in [4.78, 5) is 0. The SMILES string of the molecule is C[C@H]1NCCc2c1nn(-c1ccccc1)c2-c1cccc(Cl)c1. The van der Waals surface area contributed by atoms with Crippen LogP contribution in [0.4, 0.5) is 0 Å². The Balaban J connectivity index is 1.99. The highest BCUT2D eigenvalue weighted by molar-refractivity contribution is 6.30. The summed E-state index contributed by atoms with van der Waals surface area (Å²) in [7, 11) is 0. The second-order valence-electron chi connectivity index (χ2n) is 5.90. The molecule has 0 bridgehead atoms. The molecule has 1 aromatic heterocycles. The quantitative estimate of drug-likeness (QED) is 0.757. The molecule has 3 nitrogen and oxygen atoms in total. The van der Waals surface area contributed by atoms with Crippen molar-refractivity contribution < 1.29 is 0 Å². The van der Waals surface area contributed by atoms with Crippen molar-refractivity contribution in [3.63, 3.8) is 0 Å². The van der Waals surface area contributed by atoms with Gasteiger partial charge in [-0.3, -0.25) is 0 Å². The number of fused-ring (bicyclic) bond motifs is 1. The van der Waals surface area contributed by atoms with Crippen LogP contribution in [0.2, 0.25) is 5.02 Å². The molecule has 2 aromatic carbocycles. The third-order valence-corrected chi connectivity index (χ3v) is 4.58. The van der Waals surface area contributed by atoms with Crippen LogP contribution in [0, 0.1) is 0 Å². The second kappa shape index (κ2) is 5.84. The van der Waals surface area contributed by atoms with Crippen LogP contribution in [-0.4, -0.2) is 16.3 Å². The van der Waals surface area contributed by atoms with Crippen LogP contribution in [0.15, 0.2) is 54.6 Å². The Morgan fingerprint density at radius 1 is 1.13 bits per heavy atom. The number of para-hydroxylation sites is 1. The van der Waals surface area contributed by atoms with Crippen LogP contribution >= 0.6 is 11.6 Å². The molecule has 0 radical (unpaired) electrons. The van der Waals surface area contributed by atoms with E-state index in [1.54, 1.807) is 0 Å². The maximum Gasteiger partial charge on any atom is 0.0834 e. The van der Waals surface area contributed by atoms with Gasteiger partial charge in [-0.25, -0.2) is 4.68 Å². The fourth-order valence-corrected chi connectivity index (χ4v) is 3.45. The molecule has 0 unspecified atom stereocenters. The zero-order valence-electron chi connectivity index (χ0n) is 13.0. The van der Waals surface area contributed by atoms with E-state index < -0.39 is 0 Å². The number of hydrogen-bond acceptors (Lipinski definition) is 2. The smallest absolute Gasteiger partial charge is 0.0834 e. The van der Waals surface area contributed by atoms with Crippen molar-refractivity contribution in [1.29, 1.82) is 0 Å². The van der Waals surface area contributed by atoms with Gasteiger partial charge in [-0.15, -0.1) is 0 Å². The molecule has 1 atom stereocenters. The lowest BCUT2D eigenvalue weighted by Crippen LogP contribution is -2.27. The highest BCUT2D eigenvalue weighted by Gasteiger charge is 2.26. The van der Waals surface area contributed by atoms with E-state index in [1.807, 2.05) is 36.4 Å². The lowest BCUT2D eigenvalue weighted by molar-refractivity contribution is 0.527. The Kier molecular flexibility index (Phi) is 3.68. The molecular weight excluding hydrogens is 306 g/mol. The maximum absolute atomic E-state index is 6.23. The summed E-state index contributed by atoms with van der Waals surface area (Å²) in [6.07, 6.45) is 0.981. The zero-order valence-corrected chi connectivity index (χ0v) is 13.7. The number of aromatic nitrogens is 2. The van der Waals surface area contributed by atoms with Crippen LogP contribution < -0.4 is 5.32 Å².